The minimum absolute atomic E-state index is 0.0223. The minimum Gasteiger partial charge on any atom is -0.378 e. The molecule has 1 saturated carbocycles. The molecule has 1 aliphatic heterocycles. The first-order valence-electron chi connectivity index (χ1n) is 8.91. The second-order valence-electron chi connectivity index (χ2n) is 7.18. The zero-order chi connectivity index (χ0) is 17.2. The second-order valence-corrected chi connectivity index (χ2v) is 7.18. The third-order valence-electron chi connectivity index (χ3n) is 5.45. The molecule has 130 valence electrons. The van der Waals surface area contributed by atoms with Gasteiger partial charge in [-0.15, -0.1) is 0 Å². The molecule has 1 aliphatic carbocycles. The Morgan fingerprint density at radius 1 is 1.08 bits per heavy atom. The maximum Gasteiger partial charge on any atom is 0.253 e. The Morgan fingerprint density at radius 3 is 2.38 bits per heavy atom. The highest BCUT2D eigenvalue weighted by Crippen LogP contribution is 2.32. The summed E-state index contributed by atoms with van der Waals surface area (Å²) in [6, 6.07) is 7.83. The Balaban J connectivity index is 1.69. The normalized spacial score (nSPS) is 25.5. The lowest BCUT2D eigenvalue weighted by atomic mass is 9.84. The number of amides is 2. The van der Waals surface area contributed by atoms with Gasteiger partial charge in [0.2, 0.25) is 0 Å². The SMILES string of the molecule is NC(=O)[C@@]1(O)CCCN(C(=O)c2ccc(C3CCCCC3)cc2)C1. The maximum absolute atomic E-state index is 12.7. The number of aliphatic hydroxyl groups is 1. The Morgan fingerprint density at radius 2 is 1.75 bits per heavy atom. The third-order valence-corrected chi connectivity index (χ3v) is 5.45. The highest BCUT2D eigenvalue weighted by molar-refractivity contribution is 5.95. The maximum atomic E-state index is 12.7. The molecule has 1 aromatic carbocycles. The molecule has 0 aromatic heterocycles. The third kappa shape index (κ3) is 3.46. The van der Waals surface area contributed by atoms with E-state index in [-0.39, 0.29) is 12.5 Å². The van der Waals surface area contributed by atoms with Gasteiger partial charge in [0.15, 0.2) is 5.60 Å². The standard InChI is InChI=1S/C19H26N2O3/c20-18(23)19(24)11-4-12-21(13-19)17(22)16-9-7-15(8-10-16)14-5-2-1-3-6-14/h7-10,14,24H,1-6,11-13H2,(H2,20,23)/t19-/m1/s1. The van der Waals surface area contributed by atoms with E-state index in [1.54, 1.807) is 0 Å². The summed E-state index contributed by atoms with van der Waals surface area (Å²) in [5.74, 6) is -0.296. The lowest BCUT2D eigenvalue weighted by molar-refractivity contribution is -0.140. The molecule has 0 radical (unpaired) electrons. The lowest BCUT2D eigenvalue weighted by Crippen LogP contribution is -2.57. The summed E-state index contributed by atoms with van der Waals surface area (Å²) < 4.78 is 0. The van der Waals surface area contributed by atoms with Crippen LogP contribution in [-0.2, 0) is 4.79 Å². The largest absolute Gasteiger partial charge is 0.378 e. The van der Waals surface area contributed by atoms with Gasteiger partial charge in [0, 0.05) is 12.1 Å². The molecule has 5 nitrogen and oxygen atoms in total. The van der Waals surface area contributed by atoms with Crippen LogP contribution in [0.2, 0.25) is 0 Å². The Hall–Kier alpha value is -1.88. The van der Waals surface area contributed by atoms with Crippen LogP contribution in [0.5, 0.6) is 0 Å². The molecule has 3 rings (SSSR count). The van der Waals surface area contributed by atoms with Crippen LogP contribution < -0.4 is 5.73 Å². The average molecular weight is 330 g/mol. The van der Waals surface area contributed by atoms with Crippen LogP contribution in [-0.4, -0.2) is 40.5 Å². The molecular weight excluding hydrogens is 304 g/mol. The molecule has 1 aromatic rings. The number of carbonyl (C=O) groups is 2. The number of nitrogens with two attached hydrogens (primary N) is 1. The van der Waals surface area contributed by atoms with Crippen molar-refractivity contribution in [2.45, 2.75) is 56.5 Å². The summed E-state index contributed by atoms with van der Waals surface area (Å²) in [6.45, 7) is 0.518. The molecule has 1 atom stereocenters. The van der Waals surface area contributed by atoms with E-state index in [1.807, 2.05) is 24.3 Å². The first-order valence-corrected chi connectivity index (χ1v) is 8.91. The van der Waals surface area contributed by atoms with Crippen molar-refractivity contribution < 1.29 is 14.7 Å². The van der Waals surface area contributed by atoms with Crippen LogP contribution in [0.25, 0.3) is 0 Å². The van der Waals surface area contributed by atoms with Crippen molar-refractivity contribution in [1.29, 1.82) is 0 Å². The predicted octanol–water partition coefficient (Wildman–Crippen LogP) is 2.19. The topological polar surface area (TPSA) is 83.6 Å². The van der Waals surface area contributed by atoms with Crippen LogP contribution in [0.4, 0.5) is 0 Å². The van der Waals surface area contributed by atoms with Crippen molar-refractivity contribution in [3.05, 3.63) is 35.4 Å². The van der Waals surface area contributed by atoms with Crippen molar-refractivity contribution in [1.82, 2.24) is 4.90 Å². The fraction of sp³-hybridized carbons (Fsp3) is 0.579. The second kappa shape index (κ2) is 6.93. The van der Waals surface area contributed by atoms with Crippen LogP contribution in [0.3, 0.4) is 0 Å². The smallest absolute Gasteiger partial charge is 0.253 e. The summed E-state index contributed by atoms with van der Waals surface area (Å²) in [4.78, 5) is 25.6. The lowest BCUT2D eigenvalue weighted by Gasteiger charge is -2.37. The molecule has 24 heavy (non-hydrogen) atoms. The van der Waals surface area contributed by atoms with E-state index < -0.39 is 11.5 Å². The predicted molar refractivity (Wildman–Crippen MR) is 91.5 cm³/mol. The molecular formula is C19H26N2O3. The highest BCUT2D eigenvalue weighted by atomic mass is 16.3. The summed E-state index contributed by atoms with van der Waals surface area (Å²) in [5.41, 5.74) is 5.58. The zero-order valence-corrected chi connectivity index (χ0v) is 14.0. The van der Waals surface area contributed by atoms with Gasteiger partial charge in [0.1, 0.15) is 0 Å². The molecule has 2 aliphatic rings. The fourth-order valence-electron chi connectivity index (χ4n) is 3.93. The van der Waals surface area contributed by atoms with Gasteiger partial charge in [-0.05, 0) is 49.3 Å². The number of β-amino-alcohol motifs (C(OH)–C–C–N with tert-alkyl or cyclic N) is 1. The highest BCUT2D eigenvalue weighted by Gasteiger charge is 2.40. The molecule has 2 fully saturated rings. The van der Waals surface area contributed by atoms with Gasteiger partial charge in [-0.1, -0.05) is 31.4 Å². The molecule has 1 heterocycles. The summed E-state index contributed by atoms with van der Waals surface area (Å²) in [5, 5.41) is 10.3. The van der Waals surface area contributed by atoms with E-state index in [4.69, 9.17) is 5.73 Å². The van der Waals surface area contributed by atoms with Crippen LogP contribution in [0.15, 0.2) is 24.3 Å². The number of primary amides is 1. The number of carbonyl (C=O) groups excluding carboxylic acids is 2. The van der Waals surface area contributed by atoms with E-state index in [9.17, 15) is 14.7 Å². The summed E-state index contributed by atoms with van der Waals surface area (Å²) in [6.07, 6.45) is 7.23. The summed E-state index contributed by atoms with van der Waals surface area (Å²) >= 11 is 0. The van der Waals surface area contributed by atoms with Gasteiger partial charge in [-0.3, -0.25) is 9.59 Å². The van der Waals surface area contributed by atoms with Crippen molar-refractivity contribution in [3.8, 4) is 0 Å². The number of hydrogen-bond donors (Lipinski definition) is 2. The summed E-state index contributed by atoms with van der Waals surface area (Å²) in [7, 11) is 0. The van der Waals surface area contributed by atoms with Gasteiger partial charge in [-0.2, -0.15) is 0 Å². The van der Waals surface area contributed by atoms with E-state index in [1.165, 1.54) is 42.6 Å². The van der Waals surface area contributed by atoms with E-state index in [0.29, 0.717) is 30.9 Å². The molecule has 0 unspecified atom stereocenters. The van der Waals surface area contributed by atoms with E-state index >= 15 is 0 Å². The van der Waals surface area contributed by atoms with E-state index in [2.05, 4.69) is 0 Å². The number of rotatable bonds is 3. The van der Waals surface area contributed by atoms with Gasteiger partial charge >= 0.3 is 0 Å². The van der Waals surface area contributed by atoms with Gasteiger partial charge in [0.25, 0.3) is 11.8 Å². The van der Waals surface area contributed by atoms with Crippen molar-refractivity contribution in [3.63, 3.8) is 0 Å². The van der Waals surface area contributed by atoms with Gasteiger partial charge < -0.3 is 15.7 Å². The Labute approximate surface area is 142 Å². The van der Waals surface area contributed by atoms with Crippen molar-refractivity contribution in [2.75, 3.05) is 13.1 Å². The number of nitrogens with zero attached hydrogens (tertiary/aromatic N) is 1. The number of likely N-dealkylation sites (tertiary alicyclic amines) is 1. The zero-order valence-electron chi connectivity index (χ0n) is 14.0. The Kier molecular flexibility index (Phi) is 4.90. The van der Waals surface area contributed by atoms with Gasteiger partial charge in [0.05, 0.1) is 6.54 Å². The van der Waals surface area contributed by atoms with Crippen molar-refractivity contribution in [2.24, 2.45) is 5.73 Å². The minimum atomic E-state index is -1.60. The first kappa shape index (κ1) is 17.0. The van der Waals surface area contributed by atoms with Gasteiger partial charge in [-0.25, -0.2) is 0 Å². The van der Waals surface area contributed by atoms with Crippen LogP contribution in [0.1, 0.15) is 66.8 Å². The molecule has 1 saturated heterocycles. The quantitative estimate of drug-likeness (QED) is 0.891. The molecule has 0 bridgehead atoms. The molecule has 5 heteroatoms. The molecule has 2 amide bonds. The fourth-order valence-corrected chi connectivity index (χ4v) is 3.93. The molecule has 0 spiro atoms. The monoisotopic (exact) mass is 330 g/mol. The number of hydrogen-bond acceptors (Lipinski definition) is 3. The number of benzene rings is 1. The van der Waals surface area contributed by atoms with Crippen LogP contribution >= 0.6 is 0 Å². The Bertz CT molecular complexity index is 608. The van der Waals surface area contributed by atoms with E-state index in [0.717, 1.165) is 0 Å². The molecule has 3 N–H and O–H groups in total. The average Bonchev–Trinajstić information content (AvgIpc) is 2.62. The van der Waals surface area contributed by atoms with Crippen molar-refractivity contribution >= 4 is 11.8 Å². The number of piperidine rings is 1. The van der Waals surface area contributed by atoms with Crippen LogP contribution in [0, 0.1) is 0 Å². The first-order chi connectivity index (χ1) is 11.5.